The molecule has 5 nitrogen and oxygen atoms in total. The first-order valence-corrected chi connectivity index (χ1v) is 7.87. The number of nitrogens with zero attached hydrogens (tertiary/aromatic N) is 1. The summed E-state index contributed by atoms with van der Waals surface area (Å²) in [5.41, 5.74) is -0.494. The number of nitrogens with one attached hydrogen (secondary N) is 2. The van der Waals surface area contributed by atoms with Crippen LogP contribution < -0.4 is 10.0 Å². The summed E-state index contributed by atoms with van der Waals surface area (Å²) in [6.45, 7) is 5.62. The smallest absolute Gasteiger partial charge is 0.244 e. The molecule has 0 radical (unpaired) electrons. The summed E-state index contributed by atoms with van der Waals surface area (Å²) in [4.78, 5) is 4.18. The second-order valence-corrected chi connectivity index (χ2v) is 7.16. The number of rotatable bonds is 5. The van der Waals surface area contributed by atoms with E-state index in [0.29, 0.717) is 16.7 Å². The minimum absolute atomic E-state index is 0.140. The van der Waals surface area contributed by atoms with Gasteiger partial charge in [-0.2, -0.15) is 0 Å². The molecule has 0 amide bonds. The third-order valence-corrected chi connectivity index (χ3v) is 4.79. The largest absolute Gasteiger partial charge is 0.372 e. The molecule has 0 aliphatic carbocycles. The van der Waals surface area contributed by atoms with E-state index < -0.39 is 15.6 Å². The zero-order valence-electron chi connectivity index (χ0n) is 10.9. The number of halogens is 1. The molecule has 102 valence electrons. The Morgan fingerprint density at radius 1 is 1.44 bits per heavy atom. The maximum Gasteiger partial charge on any atom is 0.244 e. The standard InChI is InChI=1S/C11H18BrN3O2S/c1-5-11(2,3)15-18(16,17)9-6-8(12)7-14-10(9)13-4/h6-7,15H,5H2,1-4H3,(H,13,14). The van der Waals surface area contributed by atoms with Gasteiger partial charge in [0.15, 0.2) is 0 Å². The van der Waals surface area contributed by atoms with Gasteiger partial charge >= 0.3 is 0 Å². The summed E-state index contributed by atoms with van der Waals surface area (Å²) in [5.74, 6) is 0.331. The van der Waals surface area contributed by atoms with Gasteiger partial charge in [0.2, 0.25) is 10.0 Å². The third kappa shape index (κ3) is 3.66. The fourth-order valence-corrected chi connectivity index (χ4v) is 3.46. The molecule has 0 saturated heterocycles. The predicted octanol–water partition coefficient (Wildman–Crippen LogP) is 2.35. The van der Waals surface area contributed by atoms with Crippen molar-refractivity contribution >= 4 is 31.8 Å². The Labute approximate surface area is 117 Å². The Hall–Kier alpha value is -0.660. The van der Waals surface area contributed by atoms with Crippen molar-refractivity contribution in [1.82, 2.24) is 9.71 Å². The van der Waals surface area contributed by atoms with E-state index in [4.69, 9.17) is 0 Å². The van der Waals surface area contributed by atoms with Crippen LogP contribution in [-0.4, -0.2) is 26.0 Å². The van der Waals surface area contributed by atoms with Crippen molar-refractivity contribution in [3.8, 4) is 0 Å². The maximum atomic E-state index is 12.3. The van der Waals surface area contributed by atoms with Gasteiger partial charge in [0.1, 0.15) is 10.7 Å². The molecule has 0 aliphatic rings. The molecule has 7 heteroatoms. The van der Waals surface area contributed by atoms with E-state index in [1.807, 2.05) is 20.8 Å². The molecule has 18 heavy (non-hydrogen) atoms. The van der Waals surface area contributed by atoms with E-state index in [1.165, 1.54) is 6.07 Å². The van der Waals surface area contributed by atoms with E-state index in [1.54, 1.807) is 13.2 Å². The Morgan fingerprint density at radius 3 is 2.56 bits per heavy atom. The molecule has 1 heterocycles. The summed E-state index contributed by atoms with van der Waals surface area (Å²) in [6, 6.07) is 1.53. The molecule has 0 aliphatic heterocycles. The number of aromatic nitrogens is 1. The minimum atomic E-state index is -3.60. The number of anilines is 1. The molecule has 1 aromatic heterocycles. The van der Waals surface area contributed by atoms with Crippen molar-refractivity contribution in [3.05, 3.63) is 16.7 Å². The molecule has 0 fully saturated rings. The number of sulfonamides is 1. The molecular formula is C11H18BrN3O2S. The molecular weight excluding hydrogens is 318 g/mol. The lowest BCUT2D eigenvalue weighted by atomic mass is 10.0. The fourth-order valence-electron chi connectivity index (χ4n) is 1.30. The average Bonchev–Trinajstić information content (AvgIpc) is 2.28. The van der Waals surface area contributed by atoms with Crippen LogP contribution in [0.4, 0.5) is 5.82 Å². The van der Waals surface area contributed by atoms with Gasteiger partial charge in [0, 0.05) is 23.3 Å². The summed E-state index contributed by atoms with van der Waals surface area (Å²) in [6.07, 6.45) is 2.25. The van der Waals surface area contributed by atoms with E-state index in [-0.39, 0.29) is 4.90 Å². The first-order valence-electron chi connectivity index (χ1n) is 5.59. The van der Waals surface area contributed by atoms with E-state index in [0.717, 1.165) is 0 Å². The summed E-state index contributed by atoms with van der Waals surface area (Å²) in [5, 5.41) is 2.78. The van der Waals surface area contributed by atoms with Gasteiger partial charge in [-0.25, -0.2) is 18.1 Å². The van der Waals surface area contributed by atoms with Crippen LogP contribution >= 0.6 is 15.9 Å². The maximum absolute atomic E-state index is 12.3. The topological polar surface area (TPSA) is 71.1 Å². The third-order valence-electron chi connectivity index (χ3n) is 2.64. The van der Waals surface area contributed by atoms with Crippen LogP contribution in [0.3, 0.4) is 0 Å². The quantitative estimate of drug-likeness (QED) is 0.866. The van der Waals surface area contributed by atoms with Crippen molar-refractivity contribution < 1.29 is 8.42 Å². The lowest BCUT2D eigenvalue weighted by molar-refractivity contribution is 0.439. The fraction of sp³-hybridized carbons (Fsp3) is 0.545. The molecule has 0 atom stereocenters. The monoisotopic (exact) mass is 335 g/mol. The minimum Gasteiger partial charge on any atom is -0.372 e. The highest BCUT2D eigenvalue weighted by molar-refractivity contribution is 9.10. The Morgan fingerprint density at radius 2 is 2.06 bits per heavy atom. The van der Waals surface area contributed by atoms with Crippen LogP contribution in [0.15, 0.2) is 21.6 Å². The molecule has 0 aromatic carbocycles. The first kappa shape index (κ1) is 15.4. The highest BCUT2D eigenvalue weighted by Gasteiger charge is 2.27. The van der Waals surface area contributed by atoms with E-state index in [9.17, 15) is 8.42 Å². The van der Waals surface area contributed by atoms with Crippen molar-refractivity contribution in [2.45, 2.75) is 37.6 Å². The van der Waals surface area contributed by atoms with Crippen molar-refractivity contribution in [2.24, 2.45) is 0 Å². The Balaban J connectivity index is 3.24. The van der Waals surface area contributed by atoms with Crippen molar-refractivity contribution in [3.63, 3.8) is 0 Å². The molecule has 1 rings (SSSR count). The number of hydrogen-bond acceptors (Lipinski definition) is 4. The van der Waals surface area contributed by atoms with Gasteiger partial charge in [-0.15, -0.1) is 0 Å². The Kier molecular flexibility index (Phi) is 4.74. The van der Waals surface area contributed by atoms with Gasteiger partial charge < -0.3 is 5.32 Å². The average molecular weight is 336 g/mol. The van der Waals surface area contributed by atoms with Gasteiger partial charge in [-0.05, 0) is 42.3 Å². The highest BCUT2D eigenvalue weighted by atomic mass is 79.9. The molecule has 0 bridgehead atoms. The van der Waals surface area contributed by atoms with E-state index in [2.05, 4.69) is 31.0 Å². The van der Waals surface area contributed by atoms with Crippen LogP contribution in [0.2, 0.25) is 0 Å². The molecule has 0 unspecified atom stereocenters. The van der Waals surface area contributed by atoms with Crippen LogP contribution in [0.25, 0.3) is 0 Å². The van der Waals surface area contributed by atoms with Gasteiger partial charge in [-0.1, -0.05) is 6.92 Å². The zero-order chi connectivity index (χ0) is 14.0. The Bertz CT molecular complexity index is 529. The van der Waals surface area contributed by atoms with Gasteiger partial charge in [-0.3, -0.25) is 0 Å². The predicted molar refractivity (Wildman–Crippen MR) is 76.2 cm³/mol. The van der Waals surface area contributed by atoms with Crippen LogP contribution in [0.5, 0.6) is 0 Å². The highest BCUT2D eigenvalue weighted by Crippen LogP contribution is 2.24. The number of pyridine rings is 1. The van der Waals surface area contributed by atoms with Crippen molar-refractivity contribution in [1.29, 1.82) is 0 Å². The van der Waals surface area contributed by atoms with Crippen LogP contribution in [0.1, 0.15) is 27.2 Å². The summed E-state index contributed by atoms with van der Waals surface area (Å²) < 4.78 is 27.9. The normalized spacial score (nSPS) is 12.5. The zero-order valence-corrected chi connectivity index (χ0v) is 13.3. The van der Waals surface area contributed by atoms with Gasteiger partial charge in [0.25, 0.3) is 0 Å². The molecule has 0 saturated carbocycles. The van der Waals surface area contributed by atoms with Crippen LogP contribution in [0, 0.1) is 0 Å². The second kappa shape index (κ2) is 5.54. The van der Waals surface area contributed by atoms with Crippen molar-refractivity contribution in [2.75, 3.05) is 12.4 Å². The lowest BCUT2D eigenvalue weighted by Crippen LogP contribution is -2.42. The SMILES string of the molecule is CCC(C)(C)NS(=O)(=O)c1cc(Br)cnc1NC. The summed E-state index contributed by atoms with van der Waals surface area (Å²) in [7, 11) is -1.96. The number of hydrogen-bond donors (Lipinski definition) is 2. The van der Waals surface area contributed by atoms with E-state index >= 15 is 0 Å². The molecule has 1 aromatic rings. The molecule has 0 spiro atoms. The second-order valence-electron chi connectivity index (χ2n) is 4.59. The summed E-state index contributed by atoms with van der Waals surface area (Å²) >= 11 is 3.23. The lowest BCUT2D eigenvalue weighted by Gasteiger charge is -2.24. The molecule has 2 N–H and O–H groups in total. The van der Waals surface area contributed by atoms with Gasteiger partial charge in [0.05, 0.1) is 0 Å². The first-order chi connectivity index (χ1) is 8.22. The van der Waals surface area contributed by atoms with Crippen LogP contribution in [-0.2, 0) is 10.0 Å².